The highest BCUT2D eigenvalue weighted by Crippen LogP contribution is 2.26. The van der Waals surface area contributed by atoms with E-state index in [1.54, 1.807) is 12.1 Å². The maximum atomic E-state index is 12.6. The molecule has 0 saturated heterocycles. The van der Waals surface area contributed by atoms with E-state index in [2.05, 4.69) is 10.6 Å². The van der Waals surface area contributed by atoms with Gasteiger partial charge in [-0.1, -0.05) is 30.3 Å². The number of anilines is 2. The van der Waals surface area contributed by atoms with Crippen molar-refractivity contribution in [1.82, 2.24) is 0 Å². The highest BCUT2D eigenvalue weighted by molar-refractivity contribution is 6.06. The number of likely N-dealkylation sites (N-methyl/N-ethyl adjacent to an activating group) is 1. The highest BCUT2D eigenvalue weighted by atomic mass is 16.6. The molecule has 3 aromatic carbocycles. The zero-order valence-electron chi connectivity index (χ0n) is 15.9. The Morgan fingerprint density at radius 3 is 2.50 bits per heavy atom. The summed E-state index contributed by atoms with van der Waals surface area (Å²) in [7, 11) is 4.02. The van der Waals surface area contributed by atoms with E-state index in [-0.39, 0.29) is 17.2 Å². The van der Waals surface area contributed by atoms with E-state index in [0.29, 0.717) is 17.9 Å². The third-order valence-electron chi connectivity index (χ3n) is 4.40. The van der Waals surface area contributed by atoms with E-state index in [4.69, 9.17) is 0 Å². The number of quaternary nitrogens is 1. The number of nitro groups is 1. The van der Waals surface area contributed by atoms with Crippen LogP contribution in [-0.4, -0.2) is 38.0 Å². The molecule has 0 atom stereocenters. The van der Waals surface area contributed by atoms with Crippen molar-refractivity contribution >= 4 is 33.7 Å². The smallest absolute Gasteiger partial charge is 0.293 e. The lowest BCUT2D eigenvalue weighted by Crippen LogP contribution is -3.06. The van der Waals surface area contributed by atoms with Crippen molar-refractivity contribution in [2.75, 3.05) is 37.8 Å². The molecule has 3 N–H and O–H groups in total. The number of fused-ring (bicyclic) bond motifs is 1. The molecule has 0 heterocycles. The molecular formula is C21H23N4O3+. The van der Waals surface area contributed by atoms with Crippen LogP contribution in [0.1, 0.15) is 10.4 Å². The lowest BCUT2D eigenvalue weighted by Gasteiger charge is -2.11. The predicted molar refractivity (Wildman–Crippen MR) is 111 cm³/mol. The summed E-state index contributed by atoms with van der Waals surface area (Å²) in [6, 6.07) is 17.9. The first-order chi connectivity index (χ1) is 13.4. The van der Waals surface area contributed by atoms with Crippen molar-refractivity contribution in [2.45, 2.75) is 0 Å². The second kappa shape index (κ2) is 8.49. The first kappa shape index (κ1) is 19.3. The number of carbonyl (C=O) groups is 1. The highest BCUT2D eigenvalue weighted by Gasteiger charge is 2.18. The average molecular weight is 379 g/mol. The van der Waals surface area contributed by atoms with Gasteiger partial charge in [0.2, 0.25) is 0 Å². The van der Waals surface area contributed by atoms with Crippen molar-refractivity contribution < 1.29 is 14.6 Å². The first-order valence-electron chi connectivity index (χ1n) is 9.05. The molecular weight excluding hydrogens is 356 g/mol. The molecule has 0 fully saturated rings. The van der Waals surface area contributed by atoms with Gasteiger partial charge in [0.1, 0.15) is 5.69 Å². The van der Waals surface area contributed by atoms with Crippen LogP contribution in [0, 0.1) is 10.1 Å². The monoisotopic (exact) mass is 379 g/mol. The lowest BCUT2D eigenvalue weighted by atomic mass is 10.1. The summed E-state index contributed by atoms with van der Waals surface area (Å²) in [5.41, 5.74) is 1.18. The predicted octanol–water partition coefficient (Wildman–Crippen LogP) is 2.56. The number of rotatable bonds is 7. The molecule has 0 aromatic heterocycles. The maximum Gasteiger partial charge on any atom is 0.293 e. The van der Waals surface area contributed by atoms with Gasteiger partial charge in [0.25, 0.3) is 11.6 Å². The van der Waals surface area contributed by atoms with Crippen LogP contribution < -0.4 is 15.5 Å². The van der Waals surface area contributed by atoms with Gasteiger partial charge in [-0.3, -0.25) is 14.9 Å². The van der Waals surface area contributed by atoms with Crippen LogP contribution in [0.4, 0.5) is 17.1 Å². The van der Waals surface area contributed by atoms with Crippen molar-refractivity contribution in [3.8, 4) is 0 Å². The van der Waals surface area contributed by atoms with Gasteiger partial charge in [-0.25, -0.2) is 0 Å². The van der Waals surface area contributed by atoms with Gasteiger partial charge in [0.15, 0.2) is 0 Å². The molecule has 0 radical (unpaired) electrons. The van der Waals surface area contributed by atoms with Gasteiger partial charge < -0.3 is 15.5 Å². The number of hydrogen-bond acceptors (Lipinski definition) is 4. The van der Waals surface area contributed by atoms with Gasteiger partial charge in [-0.05, 0) is 35.0 Å². The van der Waals surface area contributed by atoms with Gasteiger partial charge >= 0.3 is 0 Å². The van der Waals surface area contributed by atoms with Crippen LogP contribution in [0.15, 0.2) is 60.7 Å². The van der Waals surface area contributed by atoms with Crippen LogP contribution >= 0.6 is 0 Å². The first-order valence-corrected chi connectivity index (χ1v) is 9.05. The Kier molecular flexibility index (Phi) is 5.86. The number of carbonyl (C=O) groups excluding carboxylic acids is 1. The number of benzene rings is 3. The van der Waals surface area contributed by atoms with Gasteiger partial charge in [-0.2, -0.15) is 0 Å². The molecule has 28 heavy (non-hydrogen) atoms. The molecule has 7 nitrogen and oxygen atoms in total. The molecule has 1 amide bonds. The topological polar surface area (TPSA) is 88.7 Å². The minimum absolute atomic E-state index is 0.111. The second-order valence-electron chi connectivity index (χ2n) is 6.89. The number of nitro benzene ring substituents is 1. The summed E-state index contributed by atoms with van der Waals surface area (Å²) in [5.74, 6) is -0.386. The molecule has 0 aliphatic heterocycles. The molecule has 3 rings (SSSR count). The molecule has 0 bridgehead atoms. The summed E-state index contributed by atoms with van der Waals surface area (Å²) in [5, 5.41) is 19.4. The van der Waals surface area contributed by atoms with Crippen LogP contribution in [0.3, 0.4) is 0 Å². The summed E-state index contributed by atoms with van der Waals surface area (Å²) >= 11 is 0. The Morgan fingerprint density at radius 2 is 1.79 bits per heavy atom. The molecule has 0 aliphatic carbocycles. The lowest BCUT2D eigenvalue weighted by molar-refractivity contribution is -0.856. The van der Waals surface area contributed by atoms with Crippen LogP contribution in [0.2, 0.25) is 0 Å². The van der Waals surface area contributed by atoms with Crippen molar-refractivity contribution in [3.63, 3.8) is 0 Å². The Balaban J connectivity index is 1.78. The van der Waals surface area contributed by atoms with E-state index in [9.17, 15) is 14.9 Å². The maximum absolute atomic E-state index is 12.6. The quantitative estimate of drug-likeness (QED) is 0.435. The van der Waals surface area contributed by atoms with Gasteiger partial charge in [-0.15, -0.1) is 0 Å². The Bertz CT molecular complexity index is 1020. The van der Waals surface area contributed by atoms with Crippen LogP contribution in [0.25, 0.3) is 10.8 Å². The number of nitrogens with one attached hydrogen (secondary N) is 3. The standard InChI is InChI=1S/C21H22N4O3/c1-24(2)12-11-22-19-10-8-17(14-20(19)25(27)28)21(26)23-18-9-7-15-5-3-4-6-16(15)13-18/h3-10,13-14,22H,11-12H2,1-2H3,(H,23,26)/p+1. The van der Waals surface area contributed by atoms with Crippen molar-refractivity contribution in [1.29, 1.82) is 0 Å². The molecule has 0 unspecified atom stereocenters. The van der Waals surface area contributed by atoms with Crippen LogP contribution in [0.5, 0.6) is 0 Å². The molecule has 144 valence electrons. The zero-order valence-corrected chi connectivity index (χ0v) is 15.9. The summed E-state index contributed by atoms with van der Waals surface area (Å²) in [6.45, 7) is 1.42. The zero-order chi connectivity index (χ0) is 20.1. The Morgan fingerprint density at radius 1 is 1.04 bits per heavy atom. The fraction of sp³-hybridized carbons (Fsp3) is 0.190. The van der Waals surface area contributed by atoms with E-state index >= 15 is 0 Å². The number of amides is 1. The van der Waals surface area contributed by atoms with Crippen molar-refractivity contribution in [3.05, 3.63) is 76.3 Å². The molecule has 7 heteroatoms. The van der Waals surface area contributed by atoms with E-state index in [1.807, 2.05) is 56.6 Å². The van der Waals surface area contributed by atoms with E-state index in [0.717, 1.165) is 17.3 Å². The minimum atomic E-state index is -0.475. The Labute approximate surface area is 163 Å². The van der Waals surface area contributed by atoms with Crippen LogP contribution in [-0.2, 0) is 0 Å². The normalized spacial score (nSPS) is 10.8. The van der Waals surface area contributed by atoms with Crippen molar-refractivity contribution in [2.24, 2.45) is 0 Å². The fourth-order valence-electron chi connectivity index (χ4n) is 2.89. The summed E-state index contributed by atoms with van der Waals surface area (Å²) in [4.78, 5) is 24.8. The molecule has 3 aromatic rings. The molecule has 0 aliphatic rings. The summed E-state index contributed by atoms with van der Waals surface area (Å²) < 4.78 is 0. The third-order valence-corrected chi connectivity index (χ3v) is 4.40. The van der Waals surface area contributed by atoms with E-state index in [1.165, 1.54) is 11.0 Å². The number of hydrogen-bond donors (Lipinski definition) is 3. The van der Waals surface area contributed by atoms with Gasteiger partial charge in [0.05, 0.1) is 32.1 Å². The minimum Gasteiger partial charge on any atom is -0.374 e. The average Bonchev–Trinajstić information content (AvgIpc) is 2.67. The largest absolute Gasteiger partial charge is 0.374 e. The van der Waals surface area contributed by atoms with E-state index < -0.39 is 4.92 Å². The fourth-order valence-corrected chi connectivity index (χ4v) is 2.89. The molecule has 0 spiro atoms. The number of nitrogens with zero attached hydrogens (tertiary/aromatic N) is 1. The third kappa shape index (κ3) is 4.63. The SMILES string of the molecule is C[NH+](C)CCNc1ccc(C(=O)Nc2ccc3ccccc3c2)cc1[N+](=O)[O-]. The summed E-state index contributed by atoms with van der Waals surface area (Å²) in [6.07, 6.45) is 0. The Hall–Kier alpha value is -3.45. The second-order valence-corrected chi connectivity index (χ2v) is 6.89. The van der Waals surface area contributed by atoms with Gasteiger partial charge in [0, 0.05) is 17.3 Å². The molecule has 0 saturated carbocycles.